The Bertz CT molecular complexity index is 3450. The van der Waals surface area contributed by atoms with Crippen molar-refractivity contribution in [3.05, 3.63) is 246 Å². The fraction of sp³-hybridized carbons (Fsp3) is 0.152. The fourth-order valence-corrected chi connectivity index (χ4v) is 10.7. The van der Waals surface area contributed by atoms with E-state index in [0.717, 1.165) is 17.1 Å². The maximum absolute atomic E-state index is 2.53. The second kappa shape index (κ2) is 16.1. The third-order valence-corrected chi connectivity index (χ3v) is 14.4. The van der Waals surface area contributed by atoms with Crippen molar-refractivity contribution in [3.63, 3.8) is 0 Å². The van der Waals surface area contributed by atoms with Crippen LogP contribution in [-0.2, 0) is 16.2 Å². The molecule has 0 aliphatic heterocycles. The first kappa shape index (κ1) is 42.2. The number of benzene rings is 10. The van der Waals surface area contributed by atoms with Gasteiger partial charge in [0.05, 0.1) is 11.4 Å². The van der Waals surface area contributed by atoms with E-state index in [9.17, 15) is 0 Å². The van der Waals surface area contributed by atoms with Gasteiger partial charge in [-0.2, -0.15) is 0 Å². The predicted molar refractivity (Wildman–Crippen MR) is 287 cm³/mol. The van der Waals surface area contributed by atoms with E-state index in [1.165, 1.54) is 93.9 Å². The monoisotopic (exact) mass is 863 g/mol. The average molecular weight is 864 g/mol. The van der Waals surface area contributed by atoms with Gasteiger partial charge in [-0.15, -0.1) is 0 Å². The molecule has 1 heteroatoms. The predicted octanol–water partition coefficient (Wildman–Crippen LogP) is 18.4. The molecule has 0 heterocycles. The second-order valence-electron chi connectivity index (χ2n) is 20.7. The zero-order valence-corrected chi connectivity index (χ0v) is 39.7. The van der Waals surface area contributed by atoms with Gasteiger partial charge in [0, 0.05) is 22.2 Å². The highest BCUT2D eigenvalue weighted by Gasteiger charge is 2.42. The van der Waals surface area contributed by atoms with Crippen LogP contribution >= 0.6 is 0 Å². The van der Waals surface area contributed by atoms with Crippen LogP contribution in [0.4, 0.5) is 17.1 Å². The van der Waals surface area contributed by atoms with Gasteiger partial charge in [0.25, 0.3) is 0 Å². The smallest absolute Gasteiger partial charge is 0.0543 e. The standard InChI is InChI=1S/C66H57N/c1-64(2,3)51-41-49(42-52(43-51)65(4,5)6)54-28-17-22-46-23-18-29-56(62(46)54)55-26-14-16-32-60(55)67(53-38-36-45(37-39-53)48-35-34-44-20-11-12-21-47(44)40-48)61-33-19-31-59-63(61)57-27-13-15-30-58(57)66(59,7)50-24-9-8-10-25-50/h8-43H,1-7H3. The molecule has 0 saturated carbocycles. The molecule has 1 nitrogen and oxygen atoms in total. The van der Waals surface area contributed by atoms with E-state index in [1.807, 2.05) is 0 Å². The van der Waals surface area contributed by atoms with Gasteiger partial charge in [0.15, 0.2) is 0 Å². The molecule has 0 saturated heterocycles. The molecule has 11 rings (SSSR count). The van der Waals surface area contributed by atoms with Crippen LogP contribution in [0.25, 0.3) is 66.1 Å². The Labute approximate surface area is 397 Å². The highest BCUT2D eigenvalue weighted by molar-refractivity contribution is 6.09. The van der Waals surface area contributed by atoms with E-state index in [1.54, 1.807) is 0 Å². The van der Waals surface area contributed by atoms with Crippen molar-refractivity contribution in [2.24, 2.45) is 0 Å². The Hall–Kier alpha value is -7.48. The van der Waals surface area contributed by atoms with Gasteiger partial charge in [0.2, 0.25) is 0 Å². The van der Waals surface area contributed by atoms with Crippen LogP contribution in [0.5, 0.6) is 0 Å². The molecule has 0 bridgehead atoms. The van der Waals surface area contributed by atoms with E-state index >= 15 is 0 Å². The first-order valence-corrected chi connectivity index (χ1v) is 23.8. The Morgan fingerprint density at radius 1 is 0.358 bits per heavy atom. The Morgan fingerprint density at radius 2 is 0.896 bits per heavy atom. The molecule has 0 amide bonds. The van der Waals surface area contributed by atoms with Gasteiger partial charge >= 0.3 is 0 Å². The van der Waals surface area contributed by atoms with Gasteiger partial charge < -0.3 is 4.90 Å². The average Bonchev–Trinajstić information content (AvgIpc) is 3.62. The summed E-state index contributed by atoms with van der Waals surface area (Å²) in [5.74, 6) is 0. The zero-order valence-electron chi connectivity index (χ0n) is 39.7. The van der Waals surface area contributed by atoms with Crippen molar-refractivity contribution in [2.45, 2.75) is 64.7 Å². The lowest BCUT2D eigenvalue weighted by molar-refractivity contribution is 0.569. The molecular formula is C66H57N. The molecule has 0 fully saturated rings. The third-order valence-electron chi connectivity index (χ3n) is 14.4. The largest absolute Gasteiger partial charge is 0.309 e. The number of anilines is 3. The minimum Gasteiger partial charge on any atom is -0.309 e. The van der Waals surface area contributed by atoms with Gasteiger partial charge in [-0.1, -0.05) is 230 Å². The molecular weight excluding hydrogens is 807 g/mol. The number of hydrogen-bond donors (Lipinski definition) is 0. The highest BCUT2D eigenvalue weighted by Crippen LogP contribution is 2.57. The summed E-state index contributed by atoms with van der Waals surface area (Å²) in [4.78, 5) is 2.53. The lowest BCUT2D eigenvalue weighted by Crippen LogP contribution is -2.22. The summed E-state index contributed by atoms with van der Waals surface area (Å²) in [6.45, 7) is 16.4. The molecule has 1 aliphatic carbocycles. The number of rotatable bonds is 7. The van der Waals surface area contributed by atoms with Crippen molar-refractivity contribution < 1.29 is 0 Å². The number of hydrogen-bond acceptors (Lipinski definition) is 1. The summed E-state index contributed by atoms with van der Waals surface area (Å²) >= 11 is 0. The summed E-state index contributed by atoms with van der Waals surface area (Å²) in [5, 5.41) is 4.98. The highest BCUT2D eigenvalue weighted by atomic mass is 15.1. The van der Waals surface area contributed by atoms with Crippen molar-refractivity contribution in [3.8, 4) is 44.5 Å². The number of nitrogens with zero attached hydrogens (tertiary/aromatic N) is 1. The maximum Gasteiger partial charge on any atom is 0.0543 e. The van der Waals surface area contributed by atoms with E-state index in [2.05, 4.69) is 272 Å². The van der Waals surface area contributed by atoms with Gasteiger partial charge in [-0.3, -0.25) is 0 Å². The van der Waals surface area contributed by atoms with Crippen LogP contribution in [0.1, 0.15) is 76.3 Å². The molecule has 326 valence electrons. The molecule has 0 spiro atoms. The molecule has 1 aliphatic rings. The quantitative estimate of drug-likeness (QED) is 0.154. The third kappa shape index (κ3) is 7.26. The summed E-state index contributed by atoms with van der Waals surface area (Å²) in [6, 6.07) is 81.7. The van der Waals surface area contributed by atoms with Crippen molar-refractivity contribution in [1.82, 2.24) is 0 Å². The SMILES string of the molecule is CC(C)(C)c1cc(-c2cccc3cccc(-c4ccccc4N(c4ccc(-c5ccc6ccccc6c5)cc4)c4cccc5c4-c4ccccc4C5(C)c4ccccc4)c23)cc(C(C)(C)C)c1. The summed E-state index contributed by atoms with van der Waals surface area (Å²) < 4.78 is 0. The van der Waals surface area contributed by atoms with Crippen molar-refractivity contribution >= 4 is 38.6 Å². The maximum atomic E-state index is 2.53. The minimum absolute atomic E-state index is 0.00841. The van der Waals surface area contributed by atoms with E-state index in [0.29, 0.717) is 0 Å². The minimum atomic E-state index is -0.341. The van der Waals surface area contributed by atoms with Crippen LogP contribution in [0.15, 0.2) is 218 Å². The van der Waals surface area contributed by atoms with Crippen LogP contribution in [0, 0.1) is 0 Å². The molecule has 67 heavy (non-hydrogen) atoms. The van der Waals surface area contributed by atoms with E-state index < -0.39 is 0 Å². The molecule has 10 aromatic rings. The second-order valence-corrected chi connectivity index (χ2v) is 20.7. The van der Waals surface area contributed by atoms with Gasteiger partial charge in [-0.05, 0) is 131 Å². The summed E-state index contributed by atoms with van der Waals surface area (Å²) in [7, 11) is 0. The summed E-state index contributed by atoms with van der Waals surface area (Å²) in [5.41, 5.74) is 19.5. The van der Waals surface area contributed by atoms with Crippen molar-refractivity contribution in [2.75, 3.05) is 4.90 Å². The number of para-hydroxylation sites is 1. The lowest BCUT2D eigenvalue weighted by atomic mass is 9.74. The number of fused-ring (bicyclic) bond motifs is 5. The molecule has 1 atom stereocenters. The molecule has 0 aromatic heterocycles. The van der Waals surface area contributed by atoms with Crippen LogP contribution in [-0.4, -0.2) is 0 Å². The zero-order chi connectivity index (χ0) is 46.1. The molecule has 1 unspecified atom stereocenters. The van der Waals surface area contributed by atoms with Crippen LogP contribution < -0.4 is 4.90 Å². The fourth-order valence-electron chi connectivity index (χ4n) is 10.7. The molecule has 0 radical (unpaired) electrons. The first-order chi connectivity index (χ1) is 32.4. The Morgan fingerprint density at radius 3 is 1.61 bits per heavy atom. The lowest BCUT2D eigenvalue weighted by Gasteiger charge is -2.32. The van der Waals surface area contributed by atoms with Crippen molar-refractivity contribution in [1.29, 1.82) is 0 Å². The Kier molecular flexibility index (Phi) is 10.2. The van der Waals surface area contributed by atoms with Crippen LogP contribution in [0.3, 0.4) is 0 Å². The van der Waals surface area contributed by atoms with Gasteiger partial charge in [0.1, 0.15) is 0 Å². The first-order valence-electron chi connectivity index (χ1n) is 23.8. The topological polar surface area (TPSA) is 3.24 Å². The molecule has 0 N–H and O–H groups in total. The van der Waals surface area contributed by atoms with E-state index in [-0.39, 0.29) is 16.2 Å². The Balaban J connectivity index is 1.16. The normalized spacial score (nSPS) is 14.6. The van der Waals surface area contributed by atoms with Gasteiger partial charge in [-0.25, -0.2) is 0 Å². The van der Waals surface area contributed by atoms with E-state index in [4.69, 9.17) is 0 Å². The van der Waals surface area contributed by atoms with Crippen LogP contribution in [0.2, 0.25) is 0 Å². The molecule has 10 aromatic carbocycles. The summed E-state index contributed by atoms with van der Waals surface area (Å²) in [6.07, 6.45) is 0.